The number of carbonyl (C=O) groups is 1. The molecule has 1 N–H and O–H groups in total. The van der Waals surface area contributed by atoms with Gasteiger partial charge in [0.05, 0.1) is 0 Å². The van der Waals surface area contributed by atoms with Crippen LogP contribution in [-0.2, 0) is 11.3 Å². The van der Waals surface area contributed by atoms with E-state index in [1.807, 2.05) is 58.0 Å². The summed E-state index contributed by atoms with van der Waals surface area (Å²) in [4.78, 5) is 14.2. The van der Waals surface area contributed by atoms with E-state index < -0.39 is 5.60 Å². The Morgan fingerprint density at radius 3 is 2.38 bits per heavy atom. The van der Waals surface area contributed by atoms with Crippen molar-refractivity contribution in [1.29, 1.82) is 0 Å². The van der Waals surface area contributed by atoms with Crippen LogP contribution in [0.25, 0.3) is 0 Å². The number of ether oxygens (including phenoxy) is 1. The van der Waals surface area contributed by atoms with E-state index in [9.17, 15) is 9.90 Å². The Balaban J connectivity index is 2.90. The van der Waals surface area contributed by atoms with Crippen LogP contribution in [0, 0.1) is 0 Å². The van der Waals surface area contributed by atoms with E-state index in [1.54, 1.807) is 4.90 Å². The van der Waals surface area contributed by atoms with Gasteiger partial charge in [0, 0.05) is 19.2 Å². The molecule has 1 unspecified atom stereocenters. The molecule has 118 valence electrons. The number of rotatable bonds is 6. The zero-order valence-corrected chi connectivity index (χ0v) is 13.5. The van der Waals surface area contributed by atoms with Crippen LogP contribution in [0.15, 0.2) is 30.3 Å². The van der Waals surface area contributed by atoms with Crippen LogP contribution in [0.4, 0.5) is 4.79 Å². The molecule has 0 aliphatic heterocycles. The Bertz CT molecular complexity index is 425. The summed E-state index contributed by atoms with van der Waals surface area (Å²) < 4.78 is 5.51. The third-order valence-electron chi connectivity index (χ3n) is 3.20. The Morgan fingerprint density at radius 1 is 1.29 bits per heavy atom. The van der Waals surface area contributed by atoms with Gasteiger partial charge in [-0.15, -0.1) is 0 Å². The van der Waals surface area contributed by atoms with E-state index in [-0.39, 0.29) is 18.7 Å². The molecule has 4 heteroatoms. The van der Waals surface area contributed by atoms with Crippen molar-refractivity contribution >= 4 is 6.09 Å². The van der Waals surface area contributed by atoms with Gasteiger partial charge in [-0.3, -0.25) is 0 Å². The van der Waals surface area contributed by atoms with E-state index in [2.05, 4.69) is 0 Å². The summed E-state index contributed by atoms with van der Waals surface area (Å²) in [5, 5.41) is 9.22. The number of aliphatic hydroxyl groups excluding tert-OH is 1. The average Bonchev–Trinajstić information content (AvgIpc) is 2.42. The number of amides is 1. The monoisotopic (exact) mass is 293 g/mol. The number of carbonyl (C=O) groups excluding carboxylic acids is 1. The summed E-state index contributed by atoms with van der Waals surface area (Å²) in [5.41, 5.74) is 0.531. The molecule has 0 radical (unpaired) electrons. The summed E-state index contributed by atoms with van der Waals surface area (Å²) in [7, 11) is 0. The standard InChI is InChI=1S/C17H27NO3/c1-5-15(11-12-19)18(16(20)21-17(2,3)4)13-14-9-7-6-8-10-14/h6-10,15,19H,5,11-13H2,1-4H3. The van der Waals surface area contributed by atoms with Gasteiger partial charge in [0.25, 0.3) is 0 Å². The van der Waals surface area contributed by atoms with Gasteiger partial charge in [-0.2, -0.15) is 0 Å². The molecule has 1 aromatic carbocycles. The third kappa shape index (κ3) is 6.17. The predicted molar refractivity (Wildman–Crippen MR) is 84.0 cm³/mol. The highest BCUT2D eigenvalue weighted by atomic mass is 16.6. The first-order chi connectivity index (χ1) is 9.87. The average molecular weight is 293 g/mol. The fourth-order valence-electron chi connectivity index (χ4n) is 2.17. The predicted octanol–water partition coefficient (Wildman–Crippen LogP) is 3.58. The molecule has 0 spiro atoms. The minimum Gasteiger partial charge on any atom is -0.444 e. The molecule has 1 aromatic rings. The van der Waals surface area contributed by atoms with Crippen molar-refractivity contribution in [2.75, 3.05) is 6.61 Å². The Kier molecular flexibility index (Phi) is 6.69. The lowest BCUT2D eigenvalue weighted by Crippen LogP contribution is -2.43. The van der Waals surface area contributed by atoms with Crippen LogP contribution in [0.2, 0.25) is 0 Å². The van der Waals surface area contributed by atoms with Crippen molar-refractivity contribution in [1.82, 2.24) is 4.90 Å². The van der Waals surface area contributed by atoms with Crippen LogP contribution in [0.1, 0.15) is 46.1 Å². The largest absolute Gasteiger partial charge is 0.444 e. The fraction of sp³-hybridized carbons (Fsp3) is 0.588. The zero-order valence-electron chi connectivity index (χ0n) is 13.5. The summed E-state index contributed by atoms with van der Waals surface area (Å²) in [6.45, 7) is 8.15. The molecule has 0 aliphatic carbocycles. The van der Waals surface area contributed by atoms with Gasteiger partial charge in [0.15, 0.2) is 0 Å². The van der Waals surface area contributed by atoms with Crippen molar-refractivity contribution in [2.45, 2.75) is 58.7 Å². The second-order valence-electron chi connectivity index (χ2n) is 6.17. The topological polar surface area (TPSA) is 49.8 Å². The first kappa shape index (κ1) is 17.5. The summed E-state index contributed by atoms with van der Waals surface area (Å²) >= 11 is 0. The van der Waals surface area contributed by atoms with Crippen molar-refractivity contribution in [3.63, 3.8) is 0 Å². The van der Waals surface area contributed by atoms with Gasteiger partial charge < -0.3 is 14.7 Å². The van der Waals surface area contributed by atoms with Crippen molar-refractivity contribution in [3.05, 3.63) is 35.9 Å². The number of aliphatic hydroxyl groups is 1. The zero-order chi connectivity index (χ0) is 15.9. The number of benzene rings is 1. The Hall–Kier alpha value is -1.55. The van der Waals surface area contributed by atoms with Gasteiger partial charge in [-0.1, -0.05) is 37.3 Å². The quantitative estimate of drug-likeness (QED) is 0.872. The highest BCUT2D eigenvalue weighted by Gasteiger charge is 2.27. The van der Waals surface area contributed by atoms with Gasteiger partial charge >= 0.3 is 6.09 Å². The Morgan fingerprint density at radius 2 is 1.90 bits per heavy atom. The van der Waals surface area contributed by atoms with Gasteiger partial charge in [0.2, 0.25) is 0 Å². The fourth-order valence-corrected chi connectivity index (χ4v) is 2.17. The van der Waals surface area contributed by atoms with E-state index in [0.29, 0.717) is 13.0 Å². The molecule has 0 saturated heterocycles. The van der Waals surface area contributed by atoms with Crippen LogP contribution in [-0.4, -0.2) is 34.3 Å². The third-order valence-corrected chi connectivity index (χ3v) is 3.20. The number of nitrogens with zero attached hydrogens (tertiary/aromatic N) is 1. The van der Waals surface area contributed by atoms with Gasteiger partial charge in [-0.05, 0) is 39.2 Å². The van der Waals surface area contributed by atoms with Crippen LogP contribution < -0.4 is 0 Å². The highest BCUT2D eigenvalue weighted by molar-refractivity contribution is 5.68. The molecular formula is C17H27NO3. The molecule has 0 heterocycles. The van der Waals surface area contributed by atoms with Crippen LogP contribution in [0.5, 0.6) is 0 Å². The second-order valence-corrected chi connectivity index (χ2v) is 6.17. The maximum atomic E-state index is 12.5. The van der Waals surface area contributed by atoms with E-state index in [0.717, 1.165) is 12.0 Å². The van der Waals surface area contributed by atoms with E-state index >= 15 is 0 Å². The van der Waals surface area contributed by atoms with E-state index in [4.69, 9.17) is 4.74 Å². The molecule has 0 saturated carbocycles. The summed E-state index contributed by atoms with van der Waals surface area (Å²) in [5.74, 6) is 0. The van der Waals surface area contributed by atoms with Crippen molar-refractivity contribution in [3.8, 4) is 0 Å². The number of hydrogen-bond donors (Lipinski definition) is 1. The smallest absolute Gasteiger partial charge is 0.410 e. The lowest BCUT2D eigenvalue weighted by atomic mass is 10.1. The summed E-state index contributed by atoms with van der Waals surface area (Å²) in [6, 6.07) is 9.81. The molecular weight excluding hydrogens is 266 g/mol. The normalized spacial score (nSPS) is 12.8. The molecule has 0 bridgehead atoms. The van der Waals surface area contributed by atoms with Crippen LogP contribution >= 0.6 is 0 Å². The summed E-state index contributed by atoms with van der Waals surface area (Å²) in [6.07, 6.45) is 1.02. The van der Waals surface area contributed by atoms with Crippen molar-refractivity contribution in [2.24, 2.45) is 0 Å². The molecule has 0 aromatic heterocycles. The second kappa shape index (κ2) is 8.03. The lowest BCUT2D eigenvalue weighted by molar-refractivity contribution is 0.0109. The molecule has 1 rings (SSSR count). The SMILES string of the molecule is CCC(CCO)N(Cc1ccccc1)C(=O)OC(C)(C)C. The Labute approximate surface area is 127 Å². The molecule has 0 fully saturated rings. The lowest BCUT2D eigenvalue weighted by Gasteiger charge is -2.33. The first-order valence-electron chi connectivity index (χ1n) is 7.51. The first-order valence-corrected chi connectivity index (χ1v) is 7.51. The molecule has 1 atom stereocenters. The number of hydrogen-bond acceptors (Lipinski definition) is 3. The minimum atomic E-state index is -0.524. The molecule has 1 amide bonds. The van der Waals surface area contributed by atoms with Crippen LogP contribution in [0.3, 0.4) is 0 Å². The van der Waals surface area contributed by atoms with Crippen molar-refractivity contribution < 1.29 is 14.6 Å². The van der Waals surface area contributed by atoms with Gasteiger partial charge in [0.1, 0.15) is 5.60 Å². The maximum Gasteiger partial charge on any atom is 0.410 e. The van der Waals surface area contributed by atoms with Gasteiger partial charge in [-0.25, -0.2) is 4.79 Å². The maximum absolute atomic E-state index is 12.5. The molecule has 21 heavy (non-hydrogen) atoms. The molecule has 4 nitrogen and oxygen atoms in total. The van der Waals surface area contributed by atoms with E-state index in [1.165, 1.54) is 0 Å². The highest BCUT2D eigenvalue weighted by Crippen LogP contribution is 2.18. The minimum absolute atomic E-state index is 0.0231. The molecule has 0 aliphatic rings.